The minimum absolute atomic E-state index is 0.154. The molecule has 1 atom stereocenters. The van der Waals surface area contributed by atoms with Crippen molar-refractivity contribution in [3.63, 3.8) is 0 Å². The largest absolute Gasteiger partial charge is 0.507 e. The Balaban J connectivity index is 1.99. The van der Waals surface area contributed by atoms with Crippen molar-refractivity contribution in [3.05, 3.63) is 94.5 Å². The maximum Gasteiger partial charge on any atom is 0.300 e. The van der Waals surface area contributed by atoms with Crippen molar-refractivity contribution in [1.29, 1.82) is 0 Å². The molecule has 2 aromatic carbocycles. The summed E-state index contributed by atoms with van der Waals surface area (Å²) < 4.78 is 19.2. The van der Waals surface area contributed by atoms with Crippen LogP contribution in [-0.4, -0.2) is 28.9 Å². The van der Waals surface area contributed by atoms with E-state index in [1.54, 1.807) is 24.3 Å². The fourth-order valence-electron chi connectivity index (χ4n) is 3.59. The van der Waals surface area contributed by atoms with Crippen molar-refractivity contribution in [2.45, 2.75) is 6.04 Å². The molecule has 6 nitrogen and oxygen atoms in total. The molecule has 1 N–H and O–H groups in total. The predicted octanol–water partition coefficient (Wildman–Crippen LogP) is 4.51. The lowest BCUT2D eigenvalue weighted by molar-refractivity contribution is -0.132. The standard InChI is InChI=1S/C23H16ClFN2O4/c1-31-18-8-7-14(24)10-17(18)21(28)19-20(13-4-3-9-26-12-13)27(23(30)22(19)29)16-6-2-5-15(25)11-16/h2-12,20,28H,1H3/b21-19+. The number of amides is 1. The van der Waals surface area contributed by atoms with Gasteiger partial charge in [-0.05, 0) is 48.0 Å². The maximum absolute atomic E-state index is 13.9. The van der Waals surface area contributed by atoms with Gasteiger partial charge in [0, 0.05) is 23.1 Å². The molecule has 0 aliphatic carbocycles. The molecular weight excluding hydrogens is 423 g/mol. The summed E-state index contributed by atoms with van der Waals surface area (Å²) in [6.45, 7) is 0. The van der Waals surface area contributed by atoms with Gasteiger partial charge in [-0.2, -0.15) is 0 Å². The molecule has 3 aromatic rings. The molecular formula is C23H16ClFN2O4. The Morgan fingerprint density at radius 2 is 1.97 bits per heavy atom. The molecule has 31 heavy (non-hydrogen) atoms. The van der Waals surface area contributed by atoms with Gasteiger partial charge in [0.1, 0.15) is 17.3 Å². The average Bonchev–Trinajstić information content (AvgIpc) is 3.04. The van der Waals surface area contributed by atoms with E-state index in [9.17, 15) is 19.1 Å². The number of halogens is 2. The van der Waals surface area contributed by atoms with E-state index in [1.165, 1.54) is 43.8 Å². The second kappa shape index (κ2) is 8.20. The Labute approximate surface area is 182 Å². The van der Waals surface area contributed by atoms with E-state index in [1.807, 2.05) is 0 Å². The van der Waals surface area contributed by atoms with Crippen molar-refractivity contribution in [2.75, 3.05) is 12.0 Å². The molecule has 1 aliphatic heterocycles. The van der Waals surface area contributed by atoms with Crippen LogP contribution in [-0.2, 0) is 9.59 Å². The van der Waals surface area contributed by atoms with Crippen molar-refractivity contribution in [1.82, 2.24) is 4.98 Å². The number of nitrogens with zero attached hydrogens (tertiary/aromatic N) is 2. The molecule has 1 fully saturated rings. The fraction of sp³-hybridized carbons (Fsp3) is 0.0870. The maximum atomic E-state index is 13.9. The quantitative estimate of drug-likeness (QED) is 0.368. The third-order valence-electron chi connectivity index (χ3n) is 4.95. The molecule has 0 bridgehead atoms. The zero-order valence-electron chi connectivity index (χ0n) is 16.3. The van der Waals surface area contributed by atoms with Gasteiger partial charge >= 0.3 is 0 Å². The third-order valence-corrected chi connectivity index (χ3v) is 5.18. The van der Waals surface area contributed by atoms with Gasteiger partial charge in [-0.15, -0.1) is 0 Å². The van der Waals surface area contributed by atoms with Gasteiger partial charge in [0.25, 0.3) is 11.7 Å². The van der Waals surface area contributed by atoms with E-state index in [4.69, 9.17) is 16.3 Å². The molecule has 2 heterocycles. The lowest BCUT2D eigenvalue weighted by Crippen LogP contribution is -2.29. The van der Waals surface area contributed by atoms with Crippen LogP contribution >= 0.6 is 11.6 Å². The van der Waals surface area contributed by atoms with Crippen molar-refractivity contribution in [2.24, 2.45) is 0 Å². The number of aliphatic hydroxyl groups is 1. The zero-order valence-corrected chi connectivity index (χ0v) is 17.0. The van der Waals surface area contributed by atoms with Crippen LogP contribution in [0.2, 0.25) is 5.02 Å². The fourth-order valence-corrected chi connectivity index (χ4v) is 3.76. The number of rotatable bonds is 4. The van der Waals surface area contributed by atoms with Crippen LogP contribution < -0.4 is 9.64 Å². The molecule has 0 saturated carbocycles. The zero-order chi connectivity index (χ0) is 22.1. The van der Waals surface area contributed by atoms with Crippen molar-refractivity contribution >= 4 is 34.7 Å². The number of hydrogen-bond donors (Lipinski definition) is 1. The third kappa shape index (κ3) is 3.64. The minimum Gasteiger partial charge on any atom is -0.507 e. The van der Waals surface area contributed by atoms with E-state index < -0.39 is 29.3 Å². The number of pyridine rings is 1. The molecule has 156 valence electrons. The first-order valence-electron chi connectivity index (χ1n) is 9.22. The summed E-state index contributed by atoms with van der Waals surface area (Å²) >= 11 is 6.08. The van der Waals surface area contributed by atoms with Crippen LogP contribution in [0.25, 0.3) is 5.76 Å². The molecule has 1 aromatic heterocycles. The van der Waals surface area contributed by atoms with Crippen LogP contribution in [0.4, 0.5) is 10.1 Å². The van der Waals surface area contributed by atoms with E-state index in [0.29, 0.717) is 10.6 Å². The highest BCUT2D eigenvalue weighted by Crippen LogP contribution is 2.43. The van der Waals surface area contributed by atoms with E-state index in [2.05, 4.69) is 4.98 Å². The highest BCUT2D eigenvalue weighted by Gasteiger charge is 2.47. The number of ketones is 1. The second-order valence-corrected chi connectivity index (χ2v) is 7.22. The van der Waals surface area contributed by atoms with Crippen LogP contribution in [0.1, 0.15) is 17.2 Å². The molecule has 1 aliphatic rings. The SMILES string of the molecule is COc1ccc(Cl)cc1/C(O)=C1\C(=O)C(=O)N(c2cccc(F)c2)C1c1cccnc1. The Bertz CT molecular complexity index is 1210. The van der Waals surface area contributed by atoms with Crippen molar-refractivity contribution in [3.8, 4) is 5.75 Å². The molecule has 1 saturated heterocycles. The monoisotopic (exact) mass is 438 g/mol. The summed E-state index contributed by atoms with van der Waals surface area (Å²) in [5.74, 6) is -2.57. The van der Waals surface area contributed by atoms with Gasteiger partial charge in [-0.3, -0.25) is 19.5 Å². The number of ether oxygens (including phenoxy) is 1. The number of aromatic nitrogens is 1. The van der Waals surface area contributed by atoms with Gasteiger partial charge in [-0.25, -0.2) is 4.39 Å². The minimum atomic E-state index is -1.03. The van der Waals surface area contributed by atoms with Gasteiger partial charge in [0.05, 0.1) is 24.3 Å². The Hall–Kier alpha value is -3.71. The topological polar surface area (TPSA) is 79.7 Å². The normalized spacial score (nSPS) is 17.8. The number of carbonyl (C=O) groups is 2. The van der Waals surface area contributed by atoms with Crippen molar-refractivity contribution < 1.29 is 23.8 Å². The summed E-state index contributed by atoms with van der Waals surface area (Å²) in [6.07, 6.45) is 3.02. The lowest BCUT2D eigenvalue weighted by atomic mass is 9.96. The van der Waals surface area contributed by atoms with Crippen LogP contribution in [0.3, 0.4) is 0 Å². The van der Waals surface area contributed by atoms with Crippen LogP contribution in [0.5, 0.6) is 5.75 Å². The number of Topliss-reactive ketones (excluding diaryl/α,β-unsaturated/α-hetero) is 1. The summed E-state index contributed by atoms with van der Waals surface area (Å²) in [7, 11) is 1.41. The summed E-state index contributed by atoms with van der Waals surface area (Å²) in [5, 5.41) is 11.4. The number of carbonyl (C=O) groups excluding carboxylic acids is 2. The summed E-state index contributed by atoms with van der Waals surface area (Å²) in [6, 6.07) is 12.1. The van der Waals surface area contributed by atoms with Gasteiger partial charge in [0.2, 0.25) is 0 Å². The predicted molar refractivity (Wildman–Crippen MR) is 113 cm³/mol. The smallest absolute Gasteiger partial charge is 0.300 e. The first-order valence-corrected chi connectivity index (χ1v) is 9.60. The molecule has 8 heteroatoms. The molecule has 1 unspecified atom stereocenters. The molecule has 4 rings (SSSR count). The Morgan fingerprint density at radius 1 is 1.16 bits per heavy atom. The van der Waals surface area contributed by atoms with Crippen LogP contribution in [0.15, 0.2) is 72.6 Å². The molecule has 0 spiro atoms. The highest BCUT2D eigenvalue weighted by atomic mass is 35.5. The van der Waals surface area contributed by atoms with Gasteiger partial charge < -0.3 is 9.84 Å². The lowest BCUT2D eigenvalue weighted by Gasteiger charge is -2.25. The Morgan fingerprint density at radius 3 is 2.65 bits per heavy atom. The number of benzene rings is 2. The molecule has 1 amide bonds. The number of aliphatic hydroxyl groups excluding tert-OH is 1. The van der Waals surface area contributed by atoms with Gasteiger partial charge in [-0.1, -0.05) is 23.7 Å². The first-order chi connectivity index (χ1) is 14.9. The van der Waals surface area contributed by atoms with E-state index >= 15 is 0 Å². The summed E-state index contributed by atoms with van der Waals surface area (Å²) in [5.41, 5.74) is 0.616. The first kappa shape index (κ1) is 20.6. The second-order valence-electron chi connectivity index (χ2n) is 6.78. The van der Waals surface area contributed by atoms with E-state index in [-0.39, 0.29) is 22.6 Å². The molecule has 0 radical (unpaired) electrons. The van der Waals surface area contributed by atoms with Gasteiger partial charge in [0.15, 0.2) is 0 Å². The Kier molecular flexibility index (Phi) is 5.44. The number of anilines is 1. The average molecular weight is 439 g/mol. The highest BCUT2D eigenvalue weighted by molar-refractivity contribution is 6.51. The summed E-state index contributed by atoms with van der Waals surface area (Å²) in [4.78, 5) is 31.3. The van der Waals surface area contributed by atoms with Crippen LogP contribution in [0, 0.1) is 5.82 Å². The number of hydrogen-bond acceptors (Lipinski definition) is 5. The van der Waals surface area contributed by atoms with E-state index in [0.717, 1.165) is 11.0 Å². The number of methoxy groups -OCH3 is 1.